The molecule has 0 bridgehead atoms. The van der Waals surface area contributed by atoms with Gasteiger partial charge in [0.1, 0.15) is 17.6 Å². The number of ether oxygens (including phenoxy) is 1. The molecule has 2 N–H and O–H groups in total. The summed E-state index contributed by atoms with van der Waals surface area (Å²) >= 11 is 5.90. The van der Waals surface area contributed by atoms with Crippen LogP contribution in [0.1, 0.15) is 29.3 Å². The molecule has 0 aliphatic rings. The second-order valence-electron chi connectivity index (χ2n) is 6.33. The molecule has 0 spiro atoms. The zero-order valence-corrected chi connectivity index (χ0v) is 16.8. The highest BCUT2D eigenvalue weighted by molar-refractivity contribution is 6.30. The lowest BCUT2D eigenvalue weighted by molar-refractivity contribution is 0.0953. The van der Waals surface area contributed by atoms with Crippen LogP contribution in [0, 0.1) is 11.3 Å². The van der Waals surface area contributed by atoms with Crippen LogP contribution in [0.3, 0.4) is 0 Å². The standard InChI is InChI=1S/C22H21ClN4O2/c1-2-29-19-7-8-20-16(13-19)11-17(14-24)21(27-20)25-9-4-10-26-22(28)15-5-3-6-18(23)12-15/h3,5-8,11-13H,2,4,9-10H2,1H3,(H,25,27)(H,26,28). The molecule has 148 valence electrons. The summed E-state index contributed by atoms with van der Waals surface area (Å²) in [5.41, 5.74) is 1.78. The summed E-state index contributed by atoms with van der Waals surface area (Å²) in [6.45, 7) is 3.57. The molecule has 2 aromatic carbocycles. The molecule has 7 heteroatoms. The molecule has 0 aliphatic heterocycles. The van der Waals surface area contributed by atoms with Crippen molar-refractivity contribution in [3.8, 4) is 11.8 Å². The van der Waals surface area contributed by atoms with E-state index >= 15 is 0 Å². The number of carbonyl (C=O) groups excluding carboxylic acids is 1. The van der Waals surface area contributed by atoms with Crippen molar-refractivity contribution >= 4 is 34.2 Å². The van der Waals surface area contributed by atoms with Gasteiger partial charge in [-0.2, -0.15) is 5.26 Å². The fourth-order valence-corrected chi connectivity index (χ4v) is 3.05. The van der Waals surface area contributed by atoms with E-state index in [-0.39, 0.29) is 5.91 Å². The van der Waals surface area contributed by atoms with Crippen molar-refractivity contribution < 1.29 is 9.53 Å². The fraction of sp³-hybridized carbons (Fsp3) is 0.227. The average molecular weight is 409 g/mol. The number of nitrogens with one attached hydrogen (secondary N) is 2. The monoisotopic (exact) mass is 408 g/mol. The summed E-state index contributed by atoms with van der Waals surface area (Å²) in [7, 11) is 0. The molecule has 0 saturated carbocycles. The summed E-state index contributed by atoms with van der Waals surface area (Å²) < 4.78 is 5.50. The van der Waals surface area contributed by atoms with Gasteiger partial charge in [-0.3, -0.25) is 4.79 Å². The van der Waals surface area contributed by atoms with E-state index in [4.69, 9.17) is 16.3 Å². The van der Waals surface area contributed by atoms with Crippen LogP contribution in [0.15, 0.2) is 48.5 Å². The van der Waals surface area contributed by atoms with Crippen LogP contribution < -0.4 is 15.4 Å². The van der Waals surface area contributed by atoms with Crippen LogP contribution in [-0.2, 0) is 0 Å². The number of anilines is 1. The van der Waals surface area contributed by atoms with Gasteiger partial charge in [0, 0.05) is 29.1 Å². The Morgan fingerprint density at radius 3 is 2.83 bits per heavy atom. The summed E-state index contributed by atoms with van der Waals surface area (Å²) in [6.07, 6.45) is 0.681. The van der Waals surface area contributed by atoms with Crippen molar-refractivity contribution in [1.29, 1.82) is 5.26 Å². The number of halogens is 1. The first-order chi connectivity index (χ1) is 14.1. The molecule has 3 rings (SSSR count). The summed E-state index contributed by atoms with van der Waals surface area (Å²) in [5.74, 6) is 1.12. The molecule has 0 unspecified atom stereocenters. The highest BCUT2D eigenvalue weighted by Gasteiger charge is 2.08. The number of rotatable bonds is 8. The Morgan fingerprint density at radius 1 is 1.21 bits per heavy atom. The molecular formula is C22H21ClN4O2. The fourth-order valence-electron chi connectivity index (χ4n) is 2.86. The number of hydrogen-bond acceptors (Lipinski definition) is 5. The minimum Gasteiger partial charge on any atom is -0.494 e. The van der Waals surface area contributed by atoms with Gasteiger partial charge in [-0.25, -0.2) is 4.98 Å². The van der Waals surface area contributed by atoms with Gasteiger partial charge < -0.3 is 15.4 Å². The molecule has 0 aliphatic carbocycles. The number of hydrogen-bond donors (Lipinski definition) is 2. The quantitative estimate of drug-likeness (QED) is 0.540. The van der Waals surface area contributed by atoms with Crippen molar-refractivity contribution in [2.24, 2.45) is 0 Å². The molecule has 1 heterocycles. The molecular weight excluding hydrogens is 388 g/mol. The predicted octanol–water partition coefficient (Wildman–Crippen LogP) is 4.39. The molecule has 1 amide bonds. The van der Waals surface area contributed by atoms with E-state index in [2.05, 4.69) is 21.7 Å². The summed E-state index contributed by atoms with van der Waals surface area (Å²) in [6, 6.07) is 16.4. The molecule has 0 atom stereocenters. The topological polar surface area (TPSA) is 87.0 Å². The lowest BCUT2D eigenvalue weighted by Gasteiger charge is -2.10. The number of fused-ring (bicyclic) bond motifs is 1. The maximum absolute atomic E-state index is 12.1. The molecule has 6 nitrogen and oxygen atoms in total. The number of pyridine rings is 1. The molecule has 3 aromatic rings. The van der Waals surface area contributed by atoms with E-state index < -0.39 is 0 Å². The third kappa shape index (κ3) is 5.37. The molecule has 0 radical (unpaired) electrons. The van der Waals surface area contributed by atoms with Crippen molar-refractivity contribution in [3.63, 3.8) is 0 Å². The third-order valence-corrected chi connectivity index (χ3v) is 4.47. The number of amides is 1. The Balaban J connectivity index is 1.56. The van der Waals surface area contributed by atoms with E-state index in [1.54, 1.807) is 30.3 Å². The van der Waals surface area contributed by atoms with Gasteiger partial charge in [-0.05, 0) is 55.8 Å². The Bertz CT molecular complexity index is 1060. The van der Waals surface area contributed by atoms with Gasteiger partial charge in [0.25, 0.3) is 5.91 Å². The van der Waals surface area contributed by atoms with Gasteiger partial charge in [-0.15, -0.1) is 0 Å². The Hall–Kier alpha value is -3.30. The van der Waals surface area contributed by atoms with E-state index in [0.717, 1.165) is 16.7 Å². The van der Waals surface area contributed by atoms with E-state index in [1.807, 2.05) is 25.1 Å². The first kappa shape index (κ1) is 20.4. The van der Waals surface area contributed by atoms with Crippen molar-refractivity contribution in [2.45, 2.75) is 13.3 Å². The summed E-state index contributed by atoms with van der Waals surface area (Å²) in [5, 5.41) is 16.9. The lowest BCUT2D eigenvalue weighted by atomic mass is 10.1. The summed E-state index contributed by atoms with van der Waals surface area (Å²) in [4.78, 5) is 16.6. The van der Waals surface area contributed by atoms with E-state index in [9.17, 15) is 10.1 Å². The van der Waals surface area contributed by atoms with Gasteiger partial charge in [0.05, 0.1) is 17.7 Å². The number of carbonyl (C=O) groups is 1. The van der Waals surface area contributed by atoms with E-state index in [0.29, 0.717) is 48.1 Å². The maximum atomic E-state index is 12.1. The van der Waals surface area contributed by atoms with Gasteiger partial charge in [0.2, 0.25) is 0 Å². The lowest BCUT2D eigenvalue weighted by Crippen LogP contribution is -2.25. The minimum absolute atomic E-state index is 0.167. The van der Waals surface area contributed by atoms with Crippen LogP contribution >= 0.6 is 11.6 Å². The zero-order chi connectivity index (χ0) is 20.6. The molecule has 0 saturated heterocycles. The van der Waals surface area contributed by atoms with Crippen molar-refractivity contribution in [2.75, 3.05) is 25.0 Å². The second-order valence-corrected chi connectivity index (χ2v) is 6.77. The maximum Gasteiger partial charge on any atom is 0.251 e. The molecule has 0 fully saturated rings. The predicted molar refractivity (Wildman–Crippen MR) is 115 cm³/mol. The number of benzene rings is 2. The molecule has 29 heavy (non-hydrogen) atoms. The van der Waals surface area contributed by atoms with Crippen LogP contribution in [0.5, 0.6) is 5.75 Å². The van der Waals surface area contributed by atoms with Crippen molar-refractivity contribution in [3.05, 3.63) is 64.7 Å². The second kappa shape index (κ2) is 9.76. The first-order valence-corrected chi connectivity index (χ1v) is 9.74. The van der Waals surface area contributed by atoms with Crippen LogP contribution in [0.25, 0.3) is 10.9 Å². The Kier molecular flexibility index (Phi) is 6.88. The molecule has 1 aromatic heterocycles. The highest BCUT2D eigenvalue weighted by Crippen LogP contribution is 2.24. The Labute approximate surface area is 174 Å². The van der Waals surface area contributed by atoms with Crippen LogP contribution in [-0.4, -0.2) is 30.6 Å². The smallest absolute Gasteiger partial charge is 0.251 e. The number of nitriles is 1. The first-order valence-electron chi connectivity index (χ1n) is 9.36. The van der Waals surface area contributed by atoms with Crippen LogP contribution in [0.4, 0.5) is 5.82 Å². The number of nitrogens with zero attached hydrogens (tertiary/aromatic N) is 2. The van der Waals surface area contributed by atoms with Crippen molar-refractivity contribution in [1.82, 2.24) is 10.3 Å². The average Bonchev–Trinajstić information content (AvgIpc) is 2.73. The SMILES string of the molecule is CCOc1ccc2nc(NCCCNC(=O)c3cccc(Cl)c3)c(C#N)cc2c1. The number of aromatic nitrogens is 1. The van der Waals surface area contributed by atoms with Gasteiger partial charge >= 0.3 is 0 Å². The Morgan fingerprint density at radius 2 is 2.07 bits per heavy atom. The largest absolute Gasteiger partial charge is 0.494 e. The third-order valence-electron chi connectivity index (χ3n) is 4.24. The zero-order valence-electron chi connectivity index (χ0n) is 16.0. The van der Waals surface area contributed by atoms with Gasteiger partial charge in [-0.1, -0.05) is 17.7 Å². The highest BCUT2D eigenvalue weighted by atomic mass is 35.5. The van der Waals surface area contributed by atoms with Crippen LogP contribution in [0.2, 0.25) is 5.02 Å². The van der Waals surface area contributed by atoms with Gasteiger partial charge in [0.15, 0.2) is 0 Å². The minimum atomic E-state index is -0.167. The van der Waals surface area contributed by atoms with E-state index in [1.165, 1.54) is 0 Å². The normalized spacial score (nSPS) is 10.4.